The minimum atomic E-state index is -1.62. The third-order valence-corrected chi connectivity index (χ3v) is 4.68. The molecule has 0 amide bonds. The maximum atomic E-state index is 10.1. The van der Waals surface area contributed by atoms with Crippen LogP contribution in [0.1, 0.15) is 5.69 Å². The highest BCUT2D eigenvalue weighted by Gasteiger charge is 2.45. The van der Waals surface area contributed by atoms with E-state index in [1.165, 1.54) is 6.20 Å². The third kappa shape index (κ3) is 4.45. The molecule has 28 heavy (non-hydrogen) atoms. The fourth-order valence-electron chi connectivity index (χ4n) is 3.04. The van der Waals surface area contributed by atoms with Gasteiger partial charge in [0.05, 0.1) is 36.0 Å². The molecule has 2 aromatic rings. The average molecular weight is 396 g/mol. The van der Waals surface area contributed by atoms with Crippen LogP contribution >= 0.6 is 0 Å². The van der Waals surface area contributed by atoms with Crippen LogP contribution in [-0.2, 0) is 15.9 Å². The number of rotatable bonds is 7. The second-order valence-corrected chi connectivity index (χ2v) is 6.68. The molecule has 1 aromatic carbocycles. The Hall–Kier alpha value is -1.76. The average Bonchev–Trinajstić information content (AvgIpc) is 2.72. The standard InChI is InChI=1S/C18H24N2O8/c21-7-12(23)13(5-9-6-19-10-3-1-2-4-11(10)20-9)27-18-17(26)16(25)15(24)14(8-22)28-18/h1-4,6,12-18,21-26H,5,7-8H2/t12-,13+,14-,15-,16+,17-,18+/m1/s1. The van der Waals surface area contributed by atoms with Gasteiger partial charge in [-0.3, -0.25) is 4.98 Å². The lowest BCUT2D eigenvalue weighted by Gasteiger charge is -2.41. The zero-order chi connectivity index (χ0) is 20.3. The summed E-state index contributed by atoms with van der Waals surface area (Å²) in [7, 11) is 0. The first kappa shape index (κ1) is 21.0. The third-order valence-electron chi connectivity index (χ3n) is 4.68. The van der Waals surface area contributed by atoms with Crippen molar-refractivity contribution in [3.8, 4) is 0 Å². The summed E-state index contributed by atoms with van der Waals surface area (Å²) in [6.45, 7) is -1.22. The van der Waals surface area contributed by atoms with E-state index in [1.54, 1.807) is 12.1 Å². The molecule has 3 rings (SSSR count). The molecule has 0 unspecified atom stereocenters. The van der Waals surface area contributed by atoms with Crippen LogP contribution < -0.4 is 0 Å². The molecule has 10 nitrogen and oxygen atoms in total. The highest BCUT2D eigenvalue weighted by molar-refractivity contribution is 5.73. The fraction of sp³-hybridized carbons (Fsp3) is 0.556. The van der Waals surface area contributed by atoms with Gasteiger partial charge < -0.3 is 40.1 Å². The lowest BCUT2D eigenvalue weighted by molar-refractivity contribution is -0.317. The van der Waals surface area contributed by atoms with Crippen molar-refractivity contribution in [1.82, 2.24) is 9.97 Å². The van der Waals surface area contributed by atoms with Crippen LogP contribution in [-0.4, -0.2) is 96.7 Å². The Morgan fingerprint density at radius 3 is 2.43 bits per heavy atom. The Balaban J connectivity index is 1.77. The van der Waals surface area contributed by atoms with Crippen LogP contribution in [0.15, 0.2) is 30.5 Å². The van der Waals surface area contributed by atoms with Crippen LogP contribution in [0.4, 0.5) is 0 Å². The van der Waals surface area contributed by atoms with Gasteiger partial charge in [-0.2, -0.15) is 0 Å². The van der Waals surface area contributed by atoms with Crippen LogP contribution in [0, 0.1) is 0 Å². The number of nitrogens with zero attached hydrogens (tertiary/aromatic N) is 2. The Morgan fingerprint density at radius 2 is 1.75 bits per heavy atom. The first-order chi connectivity index (χ1) is 13.4. The van der Waals surface area contributed by atoms with Gasteiger partial charge in [0.25, 0.3) is 0 Å². The number of aliphatic hydroxyl groups is 6. The number of para-hydroxylation sites is 2. The highest BCUT2D eigenvalue weighted by Crippen LogP contribution is 2.24. The van der Waals surface area contributed by atoms with Gasteiger partial charge in [-0.15, -0.1) is 0 Å². The van der Waals surface area contributed by atoms with Crippen molar-refractivity contribution in [3.05, 3.63) is 36.2 Å². The lowest BCUT2D eigenvalue weighted by Crippen LogP contribution is -2.60. The Bertz CT molecular complexity index is 776. The summed E-state index contributed by atoms with van der Waals surface area (Å²) in [6.07, 6.45) is -8.16. The fourth-order valence-corrected chi connectivity index (χ4v) is 3.04. The molecule has 0 aliphatic carbocycles. The topological polar surface area (TPSA) is 166 Å². The number of hydrogen-bond donors (Lipinski definition) is 6. The van der Waals surface area contributed by atoms with E-state index >= 15 is 0 Å². The van der Waals surface area contributed by atoms with Crippen molar-refractivity contribution >= 4 is 11.0 Å². The Kier molecular flexibility index (Phi) is 6.86. The molecule has 1 aromatic heterocycles. The summed E-state index contributed by atoms with van der Waals surface area (Å²) in [5.74, 6) is 0. The maximum absolute atomic E-state index is 10.1. The highest BCUT2D eigenvalue weighted by atomic mass is 16.7. The van der Waals surface area contributed by atoms with E-state index in [0.717, 1.165) is 0 Å². The summed E-state index contributed by atoms with van der Waals surface area (Å²) < 4.78 is 10.9. The quantitative estimate of drug-likeness (QED) is 0.300. The predicted octanol–water partition coefficient (Wildman–Crippen LogP) is -2.29. The predicted molar refractivity (Wildman–Crippen MR) is 95.0 cm³/mol. The van der Waals surface area contributed by atoms with Crippen molar-refractivity contribution in [1.29, 1.82) is 0 Å². The van der Waals surface area contributed by atoms with Gasteiger partial charge >= 0.3 is 0 Å². The van der Waals surface area contributed by atoms with Gasteiger partial charge in [0.1, 0.15) is 30.5 Å². The zero-order valence-corrected chi connectivity index (χ0v) is 14.9. The molecule has 1 saturated heterocycles. The smallest absolute Gasteiger partial charge is 0.187 e. The van der Waals surface area contributed by atoms with Crippen LogP contribution in [0.3, 0.4) is 0 Å². The molecule has 0 radical (unpaired) electrons. The molecule has 1 aliphatic heterocycles. The summed E-state index contributed by atoms with van der Waals surface area (Å²) in [5.41, 5.74) is 1.81. The van der Waals surface area contributed by atoms with Gasteiger partial charge in [-0.1, -0.05) is 12.1 Å². The molecule has 6 N–H and O–H groups in total. The molecule has 1 fully saturated rings. The minimum absolute atomic E-state index is 0.0363. The Labute approximate surface area is 160 Å². The molecule has 7 atom stereocenters. The second-order valence-electron chi connectivity index (χ2n) is 6.68. The van der Waals surface area contributed by atoms with Crippen molar-refractivity contribution < 1.29 is 40.1 Å². The molecule has 1 aliphatic rings. The molecule has 10 heteroatoms. The van der Waals surface area contributed by atoms with E-state index in [1.807, 2.05) is 12.1 Å². The number of ether oxygens (including phenoxy) is 2. The molecule has 0 bridgehead atoms. The van der Waals surface area contributed by atoms with Crippen LogP contribution in [0.25, 0.3) is 11.0 Å². The zero-order valence-electron chi connectivity index (χ0n) is 14.9. The van der Waals surface area contributed by atoms with Crippen LogP contribution in [0.5, 0.6) is 0 Å². The summed E-state index contributed by atoms with van der Waals surface area (Å²) >= 11 is 0. The second kappa shape index (κ2) is 9.16. The molecular weight excluding hydrogens is 372 g/mol. The summed E-state index contributed by atoms with van der Waals surface area (Å²) in [5, 5.41) is 58.6. The Morgan fingerprint density at radius 1 is 1.04 bits per heavy atom. The summed E-state index contributed by atoms with van der Waals surface area (Å²) in [6, 6.07) is 7.22. The molecule has 0 spiro atoms. The van der Waals surface area contributed by atoms with Crippen molar-refractivity contribution in [2.75, 3.05) is 13.2 Å². The molecule has 0 saturated carbocycles. The number of aliphatic hydroxyl groups excluding tert-OH is 6. The van der Waals surface area contributed by atoms with E-state index in [0.29, 0.717) is 16.7 Å². The van der Waals surface area contributed by atoms with Gasteiger partial charge in [0, 0.05) is 12.6 Å². The van der Waals surface area contributed by atoms with Gasteiger partial charge in [-0.25, -0.2) is 4.98 Å². The van der Waals surface area contributed by atoms with Gasteiger partial charge in [0.2, 0.25) is 0 Å². The van der Waals surface area contributed by atoms with E-state index in [9.17, 15) is 30.6 Å². The number of aromatic nitrogens is 2. The van der Waals surface area contributed by atoms with E-state index in [4.69, 9.17) is 9.47 Å². The number of benzene rings is 1. The number of hydrogen-bond acceptors (Lipinski definition) is 10. The van der Waals surface area contributed by atoms with Gasteiger partial charge in [0.15, 0.2) is 6.29 Å². The largest absolute Gasteiger partial charge is 0.394 e. The van der Waals surface area contributed by atoms with Crippen molar-refractivity contribution in [3.63, 3.8) is 0 Å². The molecular formula is C18H24N2O8. The van der Waals surface area contributed by atoms with E-state index in [-0.39, 0.29) is 6.42 Å². The van der Waals surface area contributed by atoms with Crippen molar-refractivity contribution in [2.24, 2.45) is 0 Å². The van der Waals surface area contributed by atoms with E-state index < -0.39 is 56.1 Å². The number of fused-ring (bicyclic) bond motifs is 1. The SMILES string of the molecule is OC[C@@H](O)[C@H](Cc1cnc2ccccc2n1)O[C@H]1O[C@H](CO)[C@@H](O)[C@H](O)[C@H]1O. The van der Waals surface area contributed by atoms with E-state index in [2.05, 4.69) is 9.97 Å². The normalized spacial score (nSPS) is 30.3. The van der Waals surface area contributed by atoms with Gasteiger partial charge in [-0.05, 0) is 12.1 Å². The summed E-state index contributed by atoms with van der Waals surface area (Å²) in [4.78, 5) is 8.71. The van der Waals surface area contributed by atoms with Crippen molar-refractivity contribution in [2.45, 2.75) is 49.3 Å². The first-order valence-corrected chi connectivity index (χ1v) is 8.90. The molecule has 154 valence electrons. The minimum Gasteiger partial charge on any atom is -0.394 e. The first-order valence-electron chi connectivity index (χ1n) is 8.90. The lowest BCUT2D eigenvalue weighted by atomic mass is 9.99. The maximum Gasteiger partial charge on any atom is 0.187 e. The monoisotopic (exact) mass is 396 g/mol. The van der Waals surface area contributed by atoms with Crippen LogP contribution in [0.2, 0.25) is 0 Å². The molecule has 2 heterocycles.